The zero-order chi connectivity index (χ0) is 19.7. The van der Waals surface area contributed by atoms with Gasteiger partial charge in [-0.3, -0.25) is 4.57 Å². The number of alkyl halides is 2. The maximum Gasteiger partial charge on any atom is 0.192 e. The van der Waals surface area contributed by atoms with Crippen LogP contribution in [0.15, 0.2) is 72.4 Å². The molecule has 0 radical (unpaired) electrons. The Morgan fingerprint density at radius 1 is 1.18 bits per heavy atom. The minimum absolute atomic E-state index is 0.0802. The number of thioether (sulfide) groups is 1. The van der Waals surface area contributed by atoms with Gasteiger partial charge in [0.15, 0.2) is 11.0 Å². The van der Waals surface area contributed by atoms with Gasteiger partial charge < -0.3 is 5.11 Å². The van der Waals surface area contributed by atoms with Gasteiger partial charge >= 0.3 is 0 Å². The van der Waals surface area contributed by atoms with Gasteiger partial charge in [0.25, 0.3) is 0 Å². The molecule has 2 atom stereocenters. The van der Waals surface area contributed by atoms with Crippen molar-refractivity contribution >= 4 is 35.0 Å². The molecule has 0 amide bonds. The van der Waals surface area contributed by atoms with Crippen LogP contribution in [0.5, 0.6) is 5.75 Å². The predicted molar refractivity (Wildman–Crippen MR) is 115 cm³/mol. The summed E-state index contributed by atoms with van der Waals surface area (Å²) in [6, 6.07) is 17.1. The number of hydrogen-bond acceptors (Lipinski definition) is 4. The first-order valence-electron chi connectivity index (χ1n) is 8.92. The van der Waals surface area contributed by atoms with E-state index in [-0.39, 0.29) is 16.9 Å². The highest BCUT2D eigenvalue weighted by atomic mass is 35.5. The molecular weight excluding hydrogens is 413 g/mol. The van der Waals surface area contributed by atoms with E-state index >= 15 is 0 Å². The summed E-state index contributed by atoms with van der Waals surface area (Å²) in [5, 5.41) is 19.3. The molecule has 7 heteroatoms. The van der Waals surface area contributed by atoms with Crippen molar-refractivity contribution in [3.63, 3.8) is 0 Å². The zero-order valence-corrected chi connectivity index (χ0v) is 17.3. The lowest BCUT2D eigenvalue weighted by molar-refractivity contribution is 0.475. The fraction of sp³-hybridized carbons (Fsp3) is 0.238. The van der Waals surface area contributed by atoms with Crippen molar-refractivity contribution in [1.29, 1.82) is 0 Å². The highest BCUT2D eigenvalue weighted by Crippen LogP contribution is 2.63. The van der Waals surface area contributed by atoms with Gasteiger partial charge in [0, 0.05) is 23.3 Å². The van der Waals surface area contributed by atoms with Crippen LogP contribution in [0.25, 0.3) is 11.4 Å². The van der Waals surface area contributed by atoms with E-state index < -0.39 is 4.33 Å². The standard InChI is InChI=1S/C21H19Cl2N3OS/c1-2-12-26-19(15-8-10-16(27)11-9-15)24-25-20(26)28-18(17-13-21(17,22)23)14-6-4-3-5-7-14/h2-11,17-18,27H,1,12-13H2. The Morgan fingerprint density at radius 3 is 2.46 bits per heavy atom. The Balaban J connectivity index is 1.69. The molecule has 0 aliphatic heterocycles. The first-order chi connectivity index (χ1) is 13.5. The number of aromatic nitrogens is 3. The first-order valence-corrected chi connectivity index (χ1v) is 10.6. The van der Waals surface area contributed by atoms with E-state index in [1.54, 1.807) is 23.9 Å². The second-order valence-electron chi connectivity index (χ2n) is 6.77. The third kappa shape index (κ3) is 3.93. The minimum atomic E-state index is -0.698. The summed E-state index contributed by atoms with van der Waals surface area (Å²) in [5.74, 6) is 1.09. The summed E-state index contributed by atoms with van der Waals surface area (Å²) in [6.07, 6.45) is 2.57. The van der Waals surface area contributed by atoms with Crippen molar-refractivity contribution in [2.45, 2.75) is 27.7 Å². The topological polar surface area (TPSA) is 50.9 Å². The number of allylic oxidation sites excluding steroid dienone is 1. The molecule has 3 aromatic rings. The molecule has 2 unspecified atom stereocenters. The van der Waals surface area contributed by atoms with Crippen molar-refractivity contribution < 1.29 is 5.11 Å². The van der Waals surface area contributed by atoms with Crippen LogP contribution in [-0.2, 0) is 6.54 Å². The second kappa shape index (κ2) is 7.82. The third-order valence-electron chi connectivity index (χ3n) is 4.75. The fourth-order valence-electron chi connectivity index (χ4n) is 3.20. The van der Waals surface area contributed by atoms with Gasteiger partial charge in [-0.05, 0) is 36.2 Å². The van der Waals surface area contributed by atoms with E-state index in [0.717, 1.165) is 23.0 Å². The van der Waals surface area contributed by atoms with Gasteiger partial charge in [-0.1, -0.05) is 48.2 Å². The van der Waals surface area contributed by atoms with Gasteiger partial charge in [0.2, 0.25) is 0 Å². The van der Waals surface area contributed by atoms with Crippen LogP contribution in [-0.4, -0.2) is 24.2 Å². The van der Waals surface area contributed by atoms with E-state index in [1.807, 2.05) is 41.0 Å². The van der Waals surface area contributed by atoms with Gasteiger partial charge in [0.1, 0.15) is 10.1 Å². The summed E-state index contributed by atoms with van der Waals surface area (Å²) in [4.78, 5) is 0. The summed E-state index contributed by atoms with van der Waals surface area (Å²) in [6.45, 7) is 4.44. The van der Waals surface area contributed by atoms with Crippen molar-refractivity contribution in [2.75, 3.05) is 0 Å². The number of halogens is 2. The van der Waals surface area contributed by atoms with Gasteiger partial charge in [-0.2, -0.15) is 0 Å². The summed E-state index contributed by atoms with van der Waals surface area (Å²) < 4.78 is 1.32. The number of benzene rings is 2. The molecule has 4 nitrogen and oxygen atoms in total. The predicted octanol–water partition coefficient (Wildman–Crippen LogP) is 5.86. The molecule has 1 aliphatic carbocycles. The number of phenolic OH excluding ortho intramolecular Hbond substituents is 1. The molecule has 144 valence electrons. The molecule has 0 bridgehead atoms. The van der Waals surface area contributed by atoms with Crippen LogP contribution in [0.1, 0.15) is 17.2 Å². The molecule has 2 aromatic carbocycles. The van der Waals surface area contributed by atoms with Gasteiger partial charge in [-0.15, -0.1) is 40.0 Å². The Labute approximate surface area is 178 Å². The number of rotatable bonds is 7. The molecular formula is C21H19Cl2N3OS. The van der Waals surface area contributed by atoms with Crippen LogP contribution in [0.4, 0.5) is 0 Å². The lowest BCUT2D eigenvalue weighted by Crippen LogP contribution is -2.06. The van der Waals surface area contributed by atoms with Crippen LogP contribution in [0.2, 0.25) is 0 Å². The van der Waals surface area contributed by atoms with Crippen LogP contribution in [0.3, 0.4) is 0 Å². The Kier molecular flexibility index (Phi) is 5.41. The van der Waals surface area contributed by atoms with Crippen LogP contribution in [0, 0.1) is 5.92 Å². The zero-order valence-electron chi connectivity index (χ0n) is 15.0. The molecule has 1 N–H and O–H groups in total. The average molecular weight is 432 g/mol. The maximum absolute atomic E-state index is 9.56. The number of phenols is 1. The molecule has 1 heterocycles. The van der Waals surface area contributed by atoms with E-state index in [1.165, 1.54) is 5.56 Å². The molecule has 1 aliphatic rings. The Morgan fingerprint density at radius 2 is 1.86 bits per heavy atom. The average Bonchev–Trinajstić information content (AvgIpc) is 3.14. The quantitative estimate of drug-likeness (QED) is 0.289. The lowest BCUT2D eigenvalue weighted by Gasteiger charge is -2.18. The lowest BCUT2D eigenvalue weighted by atomic mass is 10.1. The van der Waals surface area contributed by atoms with E-state index in [4.69, 9.17) is 23.2 Å². The van der Waals surface area contributed by atoms with Crippen molar-refractivity contribution in [1.82, 2.24) is 14.8 Å². The molecule has 28 heavy (non-hydrogen) atoms. The van der Waals surface area contributed by atoms with Crippen molar-refractivity contribution in [2.24, 2.45) is 5.92 Å². The van der Waals surface area contributed by atoms with Crippen molar-refractivity contribution in [3.8, 4) is 17.1 Å². The smallest absolute Gasteiger partial charge is 0.192 e. The van der Waals surface area contributed by atoms with E-state index in [0.29, 0.717) is 6.54 Å². The third-order valence-corrected chi connectivity index (χ3v) is 6.99. The van der Waals surface area contributed by atoms with Gasteiger partial charge in [0.05, 0.1) is 0 Å². The molecule has 0 spiro atoms. The normalized spacial score (nSPS) is 18.6. The van der Waals surface area contributed by atoms with Crippen molar-refractivity contribution in [3.05, 3.63) is 72.8 Å². The summed E-state index contributed by atoms with van der Waals surface area (Å²) in [7, 11) is 0. The van der Waals surface area contributed by atoms with Crippen LogP contribution < -0.4 is 0 Å². The highest BCUT2D eigenvalue weighted by Gasteiger charge is 2.56. The Hall–Kier alpha value is -1.95. The highest BCUT2D eigenvalue weighted by molar-refractivity contribution is 7.99. The fourth-order valence-corrected chi connectivity index (χ4v) is 5.32. The second-order valence-corrected chi connectivity index (χ2v) is 9.42. The Bertz CT molecular complexity index is 973. The first kappa shape index (κ1) is 19.4. The maximum atomic E-state index is 9.56. The summed E-state index contributed by atoms with van der Waals surface area (Å²) >= 11 is 14.4. The monoisotopic (exact) mass is 431 g/mol. The van der Waals surface area contributed by atoms with Crippen LogP contribution >= 0.6 is 35.0 Å². The minimum Gasteiger partial charge on any atom is -0.508 e. The molecule has 1 saturated carbocycles. The summed E-state index contributed by atoms with van der Waals surface area (Å²) in [5.41, 5.74) is 2.05. The molecule has 4 rings (SSSR count). The SMILES string of the molecule is C=CCn1c(SC(c2ccccc2)C2CC2(Cl)Cl)nnc1-c1ccc(O)cc1. The molecule has 1 fully saturated rings. The molecule has 0 saturated heterocycles. The van der Waals surface area contributed by atoms with E-state index in [2.05, 4.69) is 28.9 Å². The molecule has 1 aromatic heterocycles. The number of hydrogen-bond donors (Lipinski definition) is 1. The number of nitrogens with zero attached hydrogens (tertiary/aromatic N) is 3. The van der Waals surface area contributed by atoms with Gasteiger partial charge in [-0.25, -0.2) is 0 Å². The largest absolute Gasteiger partial charge is 0.508 e. The van der Waals surface area contributed by atoms with E-state index in [9.17, 15) is 5.11 Å². The number of aromatic hydroxyl groups is 1.